The van der Waals surface area contributed by atoms with Crippen LogP contribution in [0, 0.1) is 0 Å². The molecule has 0 aliphatic heterocycles. The molecule has 2 N–H and O–H groups in total. The second kappa shape index (κ2) is 7.12. The molecule has 0 amide bonds. The summed E-state index contributed by atoms with van der Waals surface area (Å²) in [5.74, 6) is 0. The molecule has 0 bridgehead atoms. The molecule has 0 saturated carbocycles. The van der Waals surface area contributed by atoms with Gasteiger partial charge >= 0.3 is 0 Å². The van der Waals surface area contributed by atoms with Gasteiger partial charge < -0.3 is 5.32 Å². The standard InChI is InChI=1S/C12H16BrN5O2S/c1-14-9-10-2-3-11(13)12(8-10)21(19,20)16-5-7-18-6-4-15-17-18/h2-4,6,8,14,16H,5,7,9H2,1H3. The summed E-state index contributed by atoms with van der Waals surface area (Å²) >= 11 is 3.28. The number of aromatic nitrogens is 3. The quantitative estimate of drug-likeness (QED) is 0.746. The van der Waals surface area contributed by atoms with Crippen molar-refractivity contribution in [2.24, 2.45) is 0 Å². The van der Waals surface area contributed by atoms with Gasteiger partial charge in [0.2, 0.25) is 10.0 Å². The van der Waals surface area contributed by atoms with Gasteiger partial charge in [-0.25, -0.2) is 13.1 Å². The minimum Gasteiger partial charge on any atom is -0.316 e. The third-order valence-corrected chi connectivity index (χ3v) is 5.23. The predicted molar refractivity (Wildman–Crippen MR) is 82.1 cm³/mol. The molecule has 0 radical (unpaired) electrons. The number of nitrogens with one attached hydrogen (secondary N) is 2. The van der Waals surface area contributed by atoms with E-state index in [-0.39, 0.29) is 11.4 Å². The summed E-state index contributed by atoms with van der Waals surface area (Å²) in [5, 5.41) is 10.4. The number of benzene rings is 1. The normalized spacial score (nSPS) is 11.7. The first kappa shape index (κ1) is 16.1. The summed E-state index contributed by atoms with van der Waals surface area (Å²) in [6, 6.07) is 5.26. The Labute approximate surface area is 131 Å². The average molecular weight is 374 g/mol. The van der Waals surface area contributed by atoms with Gasteiger partial charge in [-0.15, -0.1) is 5.10 Å². The monoisotopic (exact) mass is 373 g/mol. The average Bonchev–Trinajstić information content (AvgIpc) is 2.94. The maximum absolute atomic E-state index is 12.3. The third kappa shape index (κ3) is 4.34. The molecule has 0 saturated heterocycles. The third-order valence-electron chi connectivity index (χ3n) is 2.77. The first-order valence-electron chi connectivity index (χ1n) is 6.30. The zero-order valence-electron chi connectivity index (χ0n) is 11.5. The van der Waals surface area contributed by atoms with E-state index in [1.165, 1.54) is 0 Å². The number of sulfonamides is 1. The Balaban J connectivity index is 2.09. The van der Waals surface area contributed by atoms with Crippen LogP contribution in [0.25, 0.3) is 0 Å². The van der Waals surface area contributed by atoms with Gasteiger partial charge in [-0.05, 0) is 40.7 Å². The van der Waals surface area contributed by atoms with Gasteiger partial charge in [-0.2, -0.15) is 0 Å². The summed E-state index contributed by atoms with van der Waals surface area (Å²) < 4.78 is 29.3. The molecule has 2 aromatic rings. The first-order valence-corrected chi connectivity index (χ1v) is 8.57. The maximum Gasteiger partial charge on any atom is 0.241 e. The minimum absolute atomic E-state index is 0.230. The molecule has 0 aliphatic carbocycles. The van der Waals surface area contributed by atoms with E-state index in [1.54, 1.807) is 29.2 Å². The van der Waals surface area contributed by atoms with Crippen LogP contribution in [-0.2, 0) is 23.1 Å². The van der Waals surface area contributed by atoms with Crippen molar-refractivity contribution < 1.29 is 8.42 Å². The molecular weight excluding hydrogens is 358 g/mol. The smallest absolute Gasteiger partial charge is 0.241 e. The number of hydrogen-bond donors (Lipinski definition) is 2. The molecular formula is C12H16BrN5O2S. The molecule has 1 aromatic heterocycles. The van der Waals surface area contributed by atoms with Crippen molar-refractivity contribution in [2.75, 3.05) is 13.6 Å². The molecule has 2 rings (SSSR count). The Morgan fingerprint density at radius 3 is 2.86 bits per heavy atom. The largest absolute Gasteiger partial charge is 0.316 e. The zero-order valence-corrected chi connectivity index (χ0v) is 13.9. The molecule has 1 aromatic carbocycles. The Morgan fingerprint density at radius 2 is 2.19 bits per heavy atom. The first-order chi connectivity index (χ1) is 10.0. The van der Waals surface area contributed by atoms with E-state index in [2.05, 4.69) is 36.3 Å². The molecule has 21 heavy (non-hydrogen) atoms. The van der Waals surface area contributed by atoms with Crippen molar-refractivity contribution in [2.45, 2.75) is 18.0 Å². The number of hydrogen-bond acceptors (Lipinski definition) is 5. The van der Waals surface area contributed by atoms with E-state index >= 15 is 0 Å². The maximum atomic E-state index is 12.3. The molecule has 0 aliphatic rings. The van der Waals surface area contributed by atoms with Crippen LogP contribution in [0.4, 0.5) is 0 Å². The SMILES string of the molecule is CNCc1ccc(Br)c(S(=O)(=O)NCCn2ccnn2)c1. The lowest BCUT2D eigenvalue weighted by molar-refractivity contribution is 0.552. The van der Waals surface area contributed by atoms with Gasteiger partial charge in [0, 0.05) is 23.8 Å². The highest BCUT2D eigenvalue weighted by Crippen LogP contribution is 2.23. The van der Waals surface area contributed by atoms with Crippen molar-refractivity contribution in [3.63, 3.8) is 0 Å². The predicted octanol–water partition coefficient (Wildman–Crippen LogP) is 0.738. The summed E-state index contributed by atoms with van der Waals surface area (Å²) in [6.45, 7) is 1.27. The highest BCUT2D eigenvalue weighted by Gasteiger charge is 2.17. The highest BCUT2D eigenvalue weighted by molar-refractivity contribution is 9.10. The highest BCUT2D eigenvalue weighted by atomic mass is 79.9. The van der Waals surface area contributed by atoms with Crippen molar-refractivity contribution in [3.05, 3.63) is 40.6 Å². The van der Waals surface area contributed by atoms with Gasteiger partial charge in [0.1, 0.15) is 0 Å². The van der Waals surface area contributed by atoms with E-state index in [4.69, 9.17) is 0 Å². The molecule has 0 unspecified atom stereocenters. The van der Waals surface area contributed by atoms with Crippen molar-refractivity contribution in [1.82, 2.24) is 25.0 Å². The molecule has 9 heteroatoms. The van der Waals surface area contributed by atoms with Crippen LogP contribution in [0.3, 0.4) is 0 Å². The van der Waals surface area contributed by atoms with Gasteiger partial charge in [0.15, 0.2) is 0 Å². The van der Waals surface area contributed by atoms with Gasteiger partial charge in [0.05, 0.1) is 17.6 Å². The Kier molecular flexibility index (Phi) is 5.45. The molecule has 7 nitrogen and oxygen atoms in total. The van der Waals surface area contributed by atoms with Crippen LogP contribution in [0.1, 0.15) is 5.56 Å². The minimum atomic E-state index is -3.57. The summed E-state index contributed by atoms with van der Waals surface area (Å²) in [4.78, 5) is 0.230. The van der Waals surface area contributed by atoms with E-state index in [9.17, 15) is 8.42 Å². The summed E-state index contributed by atoms with van der Waals surface area (Å²) in [6.07, 6.45) is 3.23. The molecule has 0 spiro atoms. The molecule has 0 fully saturated rings. The molecule has 0 atom stereocenters. The lowest BCUT2D eigenvalue weighted by Gasteiger charge is -2.10. The number of halogens is 1. The number of rotatable bonds is 7. The Morgan fingerprint density at radius 1 is 1.38 bits per heavy atom. The Bertz CT molecular complexity index is 688. The van der Waals surface area contributed by atoms with Crippen LogP contribution in [0.15, 0.2) is 40.0 Å². The van der Waals surface area contributed by atoms with Crippen LogP contribution >= 0.6 is 15.9 Å². The van der Waals surface area contributed by atoms with Crippen molar-refractivity contribution >= 4 is 26.0 Å². The Hall–Kier alpha value is -1.29. The van der Waals surface area contributed by atoms with E-state index in [0.717, 1.165) is 5.56 Å². The van der Waals surface area contributed by atoms with Gasteiger partial charge in [-0.3, -0.25) is 4.68 Å². The lowest BCUT2D eigenvalue weighted by atomic mass is 10.2. The lowest BCUT2D eigenvalue weighted by Crippen LogP contribution is -2.28. The fraction of sp³-hybridized carbons (Fsp3) is 0.333. The van der Waals surface area contributed by atoms with Crippen LogP contribution in [0.2, 0.25) is 0 Å². The van der Waals surface area contributed by atoms with Crippen molar-refractivity contribution in [3.8, 4) is 0 Å². The number of nitrogens with zero attached hydrogens (tertiary/aromatic N) is 3. The van der Waals surface area contributed by atoms with Gasteiger partial charge in [-0.1, -0.05) is 11.3 Å². The fourth-order valence-corrected chi connectivity index (χ4v) is 3.82. The summed E-state index contributed by atoms with van der Waals surface area (Å²) in [7, 11) is -1.76. The summed E-state index contributed by atoms with van der Waals surface area (Å²) in [5.41, 5.74) is 0.900. The zero-order chi connectivity index (χ0) is 15.3. The van der Waals surface area contributed by atoms with E-state index in [0.29, 0.717) is 17.6 Å². The fourth-order valence-electron chi connectivity index (χ4n) is 1.79. The second-order valence-electron chi connectivity index (χ2n) is 4.36. The van der Waals surface area contributed by atoms with Gasteiger partial charge in [0.25, 0.3) is 0 Å². The molecule has 1 heterocycles. The van der Waals surface area contributed by atoms with Crippen LogP contribution in [0.5, 0.6) is 0 Å². The van der Waals surface area contributed by atoms with Crippen molar-refractivity contribution in [1.29, 1.82) is 0 Å². The van der Waals surface area contributed by atoms with E-state index < -0.39 is 10.0 Å². The van der Waals surface area contributed by atoms with Crippen LogP contribution < -0.4 is 10.0 Å². The topological polar surface area (TPSA) is 88.9 Å². The molecule has 114 valence electrons. The van der Waals surface area contributed by atoms with Crippen LogP contribution in [-0.4, -0.2) is 37.0 Å². The second-order valence-corrected chi connectivity index (χ2v) is 6.95. The van der Waals surface area contributed by atoms with E-state index in [1.807, 2.05) is 13.1 Å².